The van der Waals surface area contributed by atoms with Crippen LogP contribution in [0, 0.1) is 0 Å². The summed E-state index contributed by atoms with van der Waals surface area (Å²) in [6, 6.07) is 0. The highest BCUT2D eigenvalue weighted by Gasteiger charge is 2.12. The van der Waals surface area contributed by atoms with Crippen molar-refractivity contribution < 1.29 is 4.43 Å². The molecule has 23 heavy (non-hydrogen) atoms. The van der Waals surface area contributed by atoms with Crippen LogP contribution in [0.15, 0.2) is 24.3 Å². The van der Waals surface area contributed by atoms with Crippen molar-refractivity contribution in [2.75, 3.05) is 6.61 Å². The Kier molecular flexibility index (Phi) is 16.3. The van der Waals surface area contributed by atoms with Crippen molar-refractivity contribution in [2.45, 2.75) is 104 Å². The van der Waals surface area contributed by atoms with Gasteiger partial charge >= 0.3 is 0 Å². The molecule has 0 unspecified atom stereocenters. The van der Waals surface area contributed by atoms with E-state index in [1.54, 1.807) is 0 Å². The third-order valence-corrected chi connectivity index (χ3v) is 4.95. The molecule has 0 rings (SSSR count). The molecule has 0 fully saturated rings. The van der Waals surface area contributed by atoms with Crippen LogP contribution >= 0.6 is 0 Å². The van der Waals surface area contributed by atoms with E-state index in [9.17, 15) is 0 Å². The van der Waals surface area contributed by atoms with Crippen molar-refractivity contribution in [1.82, 2.24) is 0 Å². The lowest BCUT2D eigenvalue weighted by molar-refractivity contribution is 0.298. The molecule has 0 N–H and O–H groups in total. The fraction of sp³-hybridized carbons (Fsp3) is 0.810. The van der Waals surface area contributed by atoms with Crippen molar-refractivity contribution in [3.63, 3.8) is 0 Å². The van der Waals surface area contributed by atoms with Gasteiger partial charge < -0.3 is 4.43 Å². The maximum atomic E-state index is 5.87. The van der Waals surface area contributed by atoms with E-state index in [-0.39, 0.29) is 0 Å². The Labute approximate surface area is 147 Å². The van der Waals surface area contributed by atoms with Crippen molar-refractivity contribution in [1.29, 1.82) is 0 Å². The maximum Gasteiger partial charge on any atom is 0.183 e. The van der Waals surface area contributed by atoms with Gasteiger partial charge in [0.1, 0.15) is 0 Å². The molecule has 0 spiro atoms. The summed E-state index contributed by atoms with van der Waals surface area (Å²) in [5.41, 5.74) is 0. The van der Waals surface area contributed by atoms with Gasteiger partial charge in [0.25, 0.3) is 0 Å². The molecule has 0 aromatic heterocycles. The van der Waals surface area contributed by atoms with Crippen LogP contribution in [0.4, 0.5) is 0 Å². The highest BCUT2D eigenvalue weighted by molar-refractivity contribution is 6.69. The molecule has 0 radical (unpaired) electrons. The third kappa shape index (κ3) is 21.7. The van der Waals surface area contributed by atoms with Gasteiger partial charge in [0, 0.05) is 6.61 Å². The van der Waals surface area contributed by atoms with Gasteiger partial charge in [0.05, 0.1) is 0 Å². The molecule has 0 atom stereocenters. The number of rotatable bonds is 16. The van der Waals surface area contributed by atoms with Gasteiger partial charge in [-0.3, -0.25) is 0 Å². The average molecular weight is 339 g/mol. The normalized spacial score (nSPS) is 12.7. The fourth-order valence-corrected chi connectivity index (χ4v) is 3.23. The topological polar surface area (TPSA) is 9.23 Å². The average Bonchev–Trinajstić information content (AvgIpc) is 2.49. The van der Waals surface area contributed by atoms with E-state index in [2.05, 4.69) is 50.9 Å². The maximum absolute atomic E-state index is 5.87. The highest BCUT2D eigenvalue weighted by atomic mass is 28.4. The Hall–Kier alpha value is -0.343. The number of unbranched alkanes of at least 4 members (excludes halogenated alkanes) is 9. The summed E-state index contributed by atoms with van der Waals surface area (Å²) in [7, 11) is -1.28. The highest BCUT2D eigenvalue weighted by Crippen LogP contribution is 2.10. The lowest BCUT2D eigenvalue weighted by atomic mass is 10.1. The molecule has 0 aromatic carbocycles. The quantitative estimate of drug-likeness (QED) is 0.159. The lowest BCUT2D eigenvalue weighted by Gasteiger charge is -2.16. The zero-order valence-corrected chi connectivity index (χ0v) is 17.4. The van der Waals surface area contributed by atoms with Crippen molar-refractivity contribution in [3.05, 3.63) is 24.3 Å². The minimum absolute atomic E-state index is 0.977. The van der Waals surface area contributed by atoms with E-state index < -0.39 is 8.32 Å². The van der Waals surface area contributed by atoms with Crippen molar-refractivity contribution in [2.24, 2.45) is 0 Å². The van der Waals surface area contributed by atoms with Crippen LogP contribution in [0.2, 0.25) is 19.6 Å². The molecule has 0 saturated heterocycles. The van der Waals surface area contributed by atoms with E-state index in [4.69, 9.17) is 4.43 Å². The monoisotopic (exact) mass is 338 g/mol. The largest absolute Gasteiger partial charge is 0.418 e. The predicted octanol–water partition coefficient (Wildman–Crippen LogP) is 7.65. The molecular formula is C21H42OSi. The Bertz CT molecular complexity index is 289. The van der Waals surface area contributed by atoms with Crippen LogP contribution in [0.3, 0.4) is 0 Å². The first-order chi connectivity index (χ1) is 11.1. The smallest absolute Gasteiger partial charge is 0.183 e. The lowest BCUT2D eigenvalue weighted by Crippen LogP contribution is -2.25. The molecule has 0 saturated carbocycles. The molecule has 0 aliphatic carbocycles. The zero-order valence-electron chi connectivity index (χ0n) is 16.4. The molecule has 0 aliphatic heterocycles. The Morgan fingerprint density at radius 3 is 1.74 bits per heavy atom. The summed E-state index contributed by atoms with van der Waals surface area (Å²) in [5.74, 6) is 0. The molecule has 0 amide bonds. The van der Waals surface area contributed by atoms with Gasteiger partial charge in [0.2, 0.25) is 0 Å². The molecule has 1 nitrogen and oxygen atoms in total. The molecular weight excluding hydrogens is 296 g/mol. The van der Waals surface area contributed by atoms with E-state index in [1.165, 1.54) is 70.6 Å². The van der Waals surface area contributed by atoms with Crippen LogP contribution < -0.4 is 0 Å². The molecule has 0 heterocycles. The van der Waals surface area contributed by atoms with Gasteiger partial charge in [-0.15, -0.1) is 0 Å². The molecule has 0 aromatic rings. The van der Waals surface area contributed by atoms with Gasteiger partial charge in [-0.25, -0.2) is 0 Å². The van der Waals surface area contributed by atoms with E-state index in [1.807, 2.05) is 0 Å². The summed E-state index contributed by atoms with van der Waals surface area (Å²) in [6.45, 7) is 10.0. The molecule has 136 valence electrons. The third-order valence-electron chi connectivity index (χ3n) is 3.88. The molecule has 0 bridgehead atoms. The second-order valence-corrected chi connectivity index (χ2v) is 12.1. The van der Waals surface area contributed by atoms with Crippen molar-refractivity contribution >= 4 is 8.32 Å². The first-order valence-electron chi connectivity index (χ1n) is 10.00. The second kappa shape index (κ2) is 16.5. The minimum Gasteiger partial charge on any atom is -0.418 e. The molecule has 2 heteroatoms. The SMILES string of the molecule is CCCCCC=CCC=CCCCCCCCCO[Si](C)(C)C. The van der Waals surface area contributed by atoms with Crippen LogP contribution in [0.25, 0.3) is 0 Å². The standard InChI is InChI=1S/C21H42OSi/c1-5-6-7-8-9-10-11-12-13-14-15-16-17-18-19-20-21-22-23(2,3)4/h9-10,12-13H,5-8,11,14-21H2,1-4H3. The number of allylic oxidation sites excluding steroid dienone is 4. The number of hydrogen-bond acceptors (Lipinski definition) is 1. The Morgan fingerprint density at radius 2 is 1.17 bits per heavy atom. The Morgan fingerprint density at radius 1 is 0.652 bits per heavy atom. The zero-order chi connectivity index (χ0) is 17.2. The van der Waals surface area contributed by atoms with Gasteiger partial charge in [-0.1, -0.05) is 69.8 Å². The van der Waals surface area contributed by atoms with Gasteiger partial charge in [-0.2, -0.15) is 0 Å². The van der Waals surface area contributed by atoms with E-state index in [0.717, 1.165) is 13.0 Å². The van der Waals surface area contributed by atoms with Gasteiger partial charge in [0.15, 0.2) is 8.32 Å². The van der Waals surface area contributed by atoms with Crippen molar-refractivity contribution in [3.8, 4) is 0 Å². The van der Waals surface area contributed by atoms with Crippen LogP contribution in [-0.4, -0.2) is 14.9 Å². The summed E-state index contributed by atoms with van der Waals surface area (Å²) >= 11 is 0. The number of hydrogen-bond donors (Lipinski definition) is 0. The summed E-state index contributed by atoms with van der Waals surface area (Å²) in [5, 5.41) is 0. The fourth-order valence-electron chi connectivity index (χ4n) is 2.47. The second-order valence-electron chi connectivity index (χ2n) is 7.55. The predicted molar refractivity (Wildman–Crippen MR) is 109 cm³/mol. The van der Waals surface area contributed by atoms with Crippen LogP contribution in [-0.2, 0) is 4.43 Å². The minimum atomic E-state index is -1.28. The van der Waals surface area contributed by atoms with Crippen LogP contribution in [0.5, 0.6) is 0 Å². The summed E-state index contributed by atoms with van der Waals surface area (Å²) in [4.78, 5) is 0. The Balaban J connectivity index is 3.19. The summed E-state index contributed by atoms with van der Waals surface area (Å²) < 4.78 is 5.87. The van der Waals surface area contributed by atoms with E-state index in [0.29, 0.717) is 0 Å². The van der Waals surface area contributed by atoms with Crippen LogP contribution in [0.1, 0.15) is 84.0 Å². The van der Waals surface area contributed by atoms with E-state index >= 15 is 0 Å². The van der Waals surface area contributed by atoms with Gasteiger partial charge in [-0.05, 0) is 58.2 Å². The first-order valence-corrected chi connectivity index (χ1v) is 13.4. The summed E-state index contributed by atoms with van der Waals surface area (Å²) in [6.07, 6.45) is 25.1. The first kappa shape index (κ1) is 22.7. The molecule has 0 aliphatic rings.